The summed E-state index contributed by atoms with van der Waals surface area (Å²) in [6, 6.07) is 10.4. The first-order valence-electron chi connectivity index (χ1n) is 5.33. The van der Waals surface area contributed by atoms with Crippen LogP contribution in [0.1, 0.15) is 11.6 Å². The molecule has 0 aliphatic rings. The predicted molar refractivity (Wildman–Crippen MR) is 80.2 cm³/mol. The molecule has 0 aliphatic heterocycles. The molecule has 4 heteroatoms. The molecule has 1 aromatic carbocycles. The average molecular weight is 252 g/mol. The lowest BCUT2D eigenvalue weighted by atomic mass is 10.1. The van der Waals surface area contributed by atoms with Gasteiger partial charge in [0.25, 0.3) is 0 Å². The smallest absolute Gasteiger partial charge is 0.0940 e. The summed E-state index contributed by atoms with van der Waals surface area (Å²) in [7, 11) is 5.28. The van der Waals surface area contributed by atoms with Crippen molar-refractivity contribution in [1.82, 2.24) is 0 Å². The second-order valence-corrected chi connectivity index (χ2v) is 4.22. The van der Waals surface area contributed by atoms with Gasteiger partial charge in [-0.15, -0.1) is 18.5 Å². The zero-order chi connectivity index (χ0) is 11.6. The maximum absolute atomic E-state index is 4.52. The normalized spacial score (nSPS) is 13.6. The molecule has 0 spiro atoms. The fraction of sp³-hybridized carbons (Fsp3) is 0.333. The Morgan fingerprint density at radius 1 is 1.06 bits per heavy atom. The molecule has 2 unspecified atom stereocenters. The molecule has 0 aromatic heterocycles. The minimum atomic E-state index is 0.148. The molecule has 0 saturated heterocycles. The van der Waals surface area contributed by atoms with Crippen molar-refractivity contribution >= 4 is 30.9 Å². The molecule has 2 nitrogen and oxygen atoms in total. The molecule has 0 heterocycles. The zero-order valence-electron chi connectivity index (χ0n) is 9.29. The molecule has 0 radical (unpaired) electrons. The van der Waals surface area contributed by atoms with Gasteiger partial charge in [-0.2, -0.15) is 0 Å². The Kier molecular flexibility index (Phi) is 7.21. The average Bonchev–Trinajstić information content (AvgIpc) is 2.35. The molecule has 0 saturated carbocycles. The van der Waals surface area contributed by atoms with Crippen LogP contribution in [0.25, 0.3) is 0 Å². The predicted octanol–water partition coefficient (Wildman–Crippen LogP) is 2.62. The van der Waals surface area contributed by atoms with Crippen molar-refractivity contribution in [3.05, 3.63) is 35.9 Å². The number of rotatable bonds is 6. The molecule has 3 atom stereocenters. The summed E-state index contributed by atoms with van der Waals surface area (Å²) in [5, 5.41) is 0. The maximum atomic E-state index is 4.52. The van der Waals surface area contributed by atoms with Gasteiger partial charge in [0.2, 0.25) is 0 Å². The quantitative estimate of drug-likeness (QED) is 0.549. The van der Waals surface area contributed by atoms with E-state index < -0.39 is 0 Å². The van der Waals surface area contributed by atoms with E-state index in [1.54, 1.807) is 0 Å². The SMILES string of the molecule is PCC=NC[C@@H](N=CCP)c1ccccc1. The van der Waals surface area contributed by atoms with Crippen LogP contribution in [-0.4, -0.2) is 31.3 Å². The van der Waals surface area contributed by atoms with E-state index in [1.807, 2.05) is 30.6 Å². The molecule has 16 heavy (non-hydrogen) atoms. The van der Waals surface area contributed by atoms with Crippen LogP contribution in [0.2, 0.25) is 0 Å². The molecule has 0 fully saturated rings. The van der Waals surface area contributed by atoms with Crippen LogP contribution in [0.15, 0.2) is 40.3 Å². The first-order valence-corrected chi connectivity index (χ1v) is 6.96. The van der Waals surface area contributed by atoms with Gasteiger partial charge in [0.05, 0.1) is 12.6 Å². The summed E-state index contributed by atoms with van der Waals surface area (Å²) in [6.45, 7) is 0.722. The second-order valence-electron chi connectivity index (χ2n) is 3.28. The fourth-order valence-electron chi connectivity index (χ4n) is 1.35. The van der Waals surface area contributed by atoms with E-state index >= 15 is 0 Å². The third-order valence-electron chi connectivity index (χ3n) is 2.09. The first kappa shape index (κ1) is 13.5. The molecule has 0 bridgehead atoms. The van der Waals surface area contributed by atoms with Crippen molar-refractivity contribution in [1.29, 1.82) is 0 Å². The van der Waals surface area contributed by atoms with Gasteiger partial charge in [0.1, 0.15) is 0 Å². The van der Waals surface area contributed by atoms with Gasteiger partial charge in [0, 0.05) is 12.4 Å². The molecule has 86 valence electrons. The van der Waals surface area contributed by atoms with Crippen molar-refractivity contribution in [3.63, 3.8) is 0 Å². The standard InChI is InChI=1S/C12H18N2P2/c15-8-6-13-10-12(14-7-9-16)11-4-2-1-3-5-11/h1-7,12H,8-10,15-16H2/t12-/m1/s1. The highest BCUT2D eigenvalue weighted by Gasteiger charge is 2.06. The number of nitrogens with zero attached hydrogens (tertiary/aromatic N) is 2. The topological polar surface area (TPSA) is 24.7 Å². The van der Waals surface area contributed by atoms with Gasteiger partial charge in [-0.3, -0.25) is 9.98 Å². The molecular formula is C12H18N2P2. The number of hydrogen-bond acceptors (Lipinski definition) is 2. The fourth-order valence-corrected chi connectivity index (χ4v) is 1.62. The highest BCUT2D eigenvalue weighted by atomic mass is 31.0. The van der Waals surface area contributed by atoms with E-state index in [4.69, 9.17) is 0 Å². The zero-order valence-corrected chi connectivity index (χ0v) is 11.6. The highest BCUT2D eigenvalue weighted by Crippen LogP contribution is 2.16. The highest BCUT2D eigenvalue weighted by molar-refractivity contribution is 7.18. The number of aliphatic imine (C=N–C) groups is 2. The van der Waals surface area contributed by atoms with Crippen molar-refractivity contribution in [3.8, 4) is 0 Å². The van der Waals surface area contributed by atoms with Crippen LogP contribution in [0.4, 0.5) is 0 Å². The molecule has 0 aliphatic carbocycles. The first-order chi connectivity index (χ1) is 7.88. The summed E-state index contributed by atoms with van der Waals surface area (Å²) in [4.78, 5) is 8.87. The Bertz CT molecular complexity index is 336. The van der Waals surface area contributed by atoms with Crippen LogP contribution in [-0.2, 0) is 0 Å². The monoisotopic (exact) mass is 252 g/mol. The van der Waals surface area contributed by atoms with Crippen LogP contribution in [0.5, 0.6) is 0 Å². The largest absolute Gasteiger partial charge is 0.295 e. The van der Waals surface area contributed by atoms with E-state index in [1.165, 1.54) is 5.56 Å². The summed E-state index contributed by atoms with van der Waals surface area (Å²) in [5.74, 6) is 0. The maximum Gasteiger partial charge on any atom is 0.0940 e. The van der Waals surface area contributed by atoms with Crippen molar-refractivity contribution in [2.75, 3.05) is 18.9 Å². The van der Waals surface area contributed by atoms with Crippen LogP contribution >= 0.6 is 18.5 Å². The van der Waals surface area contributed by atoms with Crippen LogP contribution < -0.4 is 0 Å². The molecular weight excluding hydrogens is 234 g/mol. The van der Waals surface area contributed by atoms with E-state index in [9.17, 15) is 0 Å². The third kappa shape index (κ3) is 4.96. The summed E-state index contributed by atoms with van der Waals surface area (Å²) in [6.07, 6.45) is 5.63. The Morgan fingerprint density at radius 2 is 1.75 bits per heavy atom. The lowest BCUT2D eigenvalue weighted by molar-refractivity contribution is 0.745. The van der Waals surface area contributed by atoms with Crippen molar-refractivity contribution in [2.45, 2.75) is 6.04 Å². The minimum absolute atomic E-state index is 0.148. The number of benzene rings is 1. The van der Waals surface area contributed by atoms with Crippen LogP contribution in [0, 0.1) is 0 Å². The lowest BCUT2D eigenvalue weighted by Gasteiger charge is -2.09. The van der Waals surface area contributed by atoms with E-state index in [-0.39, 0.29) is 6.04 Å². The summed E-state index contributed by atoms with van der Waals surface area (Å²) < 4.78 is 0. The molecule has 0 amide bonds. The van der Waals surface area contributed by atoms with E-state index in [2.05, 4.69) is 40.6 Å². The van der Waals surface area contributed by atoms with Gasteiger partial charge < -0.3 is 0 Å². The second kappa shape index (κ2) is 8.56. The van der Waals surface area contributed by atoms with Gasteiger partial charge in [-0.25, -0.2) is 0 Å². The Hall–Kier alpha value is -0.580. The van der Waals surface area contributed by atoms with E-state index in [0.29, 0.717) is 0 Å². The Morgan fingerprint density at radius 3 is 2.38 bits per heavy atom. The Labute approximate surface area is 102 Å². The van der Waals surface area contributed by atoms with Gasteiger partial charge in [-0.05, 0) is 17.9 Å². The lowest BCUT2D eigenvalue weighted by Crippen LogP contribution is -2.01. The molecule has 0 N–H and O–H groups in total. The van der Waals surface area contributed by atoms with Gasteiger partial charge in [-0.1, -0.05) is 30.3 Å². The minimum Gasteiger partial charge on any atom is -0.295 e. The summed E-state index contributed by atoms with van der Waals surface area (Å²) in [5.41, 5.74) is 1.22. The van der Waals surface area contributed by atoms with Gasteiger partial charge in [0.15, 0.2) is 0 Å². The Balaban J connectivity index is 2.71. The van der Waals surface area contributed by atoms with E-state index in [0.717, 1.165) is 18.9 Å². The van der Waals surface area contributed by atoms with Crippen LogP contribution in [0.3, 0.4) is 0 Å². The summed E-state index contributed by atoms with van der Waals surface area (Å²) >= 11 is 0. The number of hydrogen-bond donors (Lipinski definition) is 0. The van der Waals surface area contributed by atoms with Gasteiger partial charge >= 0.3 is 0 Å². The molecule has 1 rings (SSSR count). The van der Waals surface area contributed by atoms with Crippen molar-refractivity contribution in [2.24, 2.45) is 9.98 Å². The van der Waals surface area contributed by atoms with Crippen molar-refractivity contribution < 1.29 is 0 Å². The molecule has 1 aromatic rings. The third-order valence-corrected chi connectivity index (χ3v) is 2.51.